The lowest BCUT2D eigenvalue weighted by atomic mass is 10.1. The van der Waals surface area contributed by atoms with Crippen LogP contribution in [0.2, 0.25) is 0 Å². The van der Waals surface area contributed by atoms with E-state index in [9.17, 15) is 19.8 Å². The zero-order chi connectivity index (χ0) is 13.4. The van der Waals surface area contributed by atoms with Crippen LogP contribution in [0.1, 0.15) is 11.8 Å². The SMILES string of the molecule is Cc1cn([C@@H]2O[C@H](CN)[C@@H](O)[C@H]2O)c(=O)[nH]c1=O. The number of aliphatic hydroxyl groups is 2. The highest BCUT2D eigenvalue weighted by Gasteiger charge is 2.43. The van der Waals surface area contributed by atoms with Crippen LogP contribution < -0.4 is 17.0 Å². The number of aryl methyl sites for hydroxylation is 1. The molecule has 8 heteroatoms. The monoisotopic (exact) mass is 257 g/mol. The summed E-state index contributed by atoms with van der Waals surface area (Å²) >= 11 is 0. The number of aliphatic hydroxyl groups excluding tert-OH is 2. The number of ether oxygens (including phenoxy) is 1. The predicted molar refractivity (Wildman–Crippen MR) is 61.0 cm³/mol. The van der Waals surface area contributed by atoms with Crippen molar-refractivity contribution in [2.45, 2.75) is 31.5 Å². The van der Waals surface area contributed by atoms with Gasteiger partial charge in [-0.25, -0.2) is 4.79 Å². The number of hydrogen-bond acceptors (Lipinski definition) is 6. The van der Waals surface area contributed by atoms with E-state index in [4.69, 9.17) is 10.5 Å². The fraction of sp³-hybridized carbons (Fsp3) is 0.600. The molecule has 1 aromatic rings. The molecule has 0 radical (unpaired) electrons. The van der Waals surface area contributed by atoms with E-state index in [0.29, 0.717) is 5.56 Å². The van der Waals surface area contributed by atoms with E-state index >= 15 is 0 Å². The number of nitrogens with zero attached hydrogens (tertiary/aromatic N) is 1. The maximum absolute atomic E-state index is 11.6. The van der Waals surface area contributed by atoms with Crippen LogP contribution in [0.15, 0.2) is 15.8 Å². The molecule has 1 aliphatic heterocycles. The van der Waals surface area contributed by atoms with Crippen molar-refractivity contribution in [3.8, 4) is 0 Å². The van der Waals surface area contributed by atoms with Crippen LogP contribution in [0.5, 0.6) is 0 Å². The fourth-order valence-electron chi connectivity index (χ4n) is 1.93. The molecule has 4 atom stereocenters. The summed E-state index contributed by atoms with van der Waals surface area (Å²) in [6, 6.07) is 0. The van der Waals surface area contributed by atoms with Gasteiger partial charge in [0.05, 0.1) is 0 Å². The Labute approximate surface area is 102 Å². The smallest absolute Gasteiger partial charge is 0.330 e. The first-order valence-corrected chi connectivity index (χ1v) is 5.49. The summed E-state index contributed by atoms with van der Waals surface area (Å²) in [5.74, 6) is 0. The number of rotatable bonds is 2. The normalized spacial score (nSPS) is 31.8. The van der Waals surface area contributed by atoms with E-state index in [1.165, 1.54) is 13.1 Å². The average Bonchev–Trinajstić information content (AvgIpc) is 2.61. The molecular weight excluding hydrogens is 242 g/mol. The molecule has 0 spiro atoms. The van der Waals surface area contributed by atoms with Gasteiger partial charge in [-0.2, -0.15) is 0 Å². The van der Waals surface area contributed by atoms with E-state index in [1.54, 1.807) is 0 Å². The van der Waals surface area contributed by atoms with Crippen LogP contribution in [0.25, 0.3) is 0 Å². The Morgan fingerprint density at radius 3 is 2.67 bits per heavy atom. The molecular formula is C10H15N3O5. The molecule has 1 fully saturated rings. The number of aromatic amines is 1. The molecule has 2 heterocycles. The first-order chi connectivity index (χ1) is 8.45. The Balaban J connectivity index is 2.42. The molecule has 0 aromatic carbocycles. The molecule has 5 N–H and O–H groups in total. The van der Waals surface area contributed by atoms with Crippen molar-refractivity contribution >= 4 is 0 Å². The van der Waals surface area contributed by atoms with Gasteiger partial charge in [0.25, 0.3) is 5.56 Å². The van der Waals surface area contributed by atoms with Crippen molar-refractivity contribution in [1.29, 1.82) is 0 Å². The quantitative estimate of drug-likeness (QED) is 0.460. The van der Waals surface area contributed by atoms with Crippen LogP contribution >= 0.6 is 0 Å². The summed E-state index contributed by atoms with van der Waals surface area (Å²) in [7, 11) is 0. The van der Waals surface area contributed by atoms with E-state index in [1.807, 2.05) is 0 Å². The molecule has 0 unspecified atom stereocenters. The molecule has 100 valence electrons. The molecule has 0 aliphatic carbocycles. The van der Waals surface area contributed by atoms with Gasteiger partial charge < -0.3 is 20.7 Å². The molecule has 0 saturated carbocycles. The Morgan fingerprint density at radius 2 is 2.11 bits per heavy atom. The van der Waals surface area contributed by atoms with Crippen molar-refractivity contribution in [2.24, 2.45) is 5.73 Å². The maximum Gasteiger partial charge on any atom is 0.330 e. The zero-order valence-corrected chi connectivity index (χ0v) is 9.74. The topological polar surface area (TPSA) is 131 Å². The van der Waals surface area contributed by atoms with Gasteiger partial charge in [-0.15, -0.1) is 0 Å². The Bertz CT molecular complexity index is 551. The van der Waals surface area contributed by atoms with Crippen molar-refractivity contribution in [3.63, 3.8) is 0 Å². The number of hydrogen-bond donors (Lipinski definition) is 4. The van der Waals surface area contributed by atoms with E-state index in [-0.39, 0.29) is 6.54 Å². The van der Waals surface area contributed by atoms with Crippen LogP contribution in [-0.2, 0) is 4.74 Å². The lowest BCUT2D eigenvalue weighted by Gasteiger charge is -2.17. The highest BCUT2D eigenvalue weighted by molar-refractivity contribution is 5.03. The van der Waals surface area contributed by atoms with Gasteiger partial charge in [0.2, 0.25) is 0 Å². The summed E-state index contributed by atoms with van der Waals surface area (Å²) in [5, 5.41) is 19.5. The van der Waals surface area contributed by atoms with E-state index in [2.05, 4.69) is 4.98 Å². The number of nitrogens with one attached hydrogen (secondary N) is 1. The molecule has 8 nitrogen and oxygen atoms in total. The molecule has 1 saturated heterocycles. The average molecular weight is 257 g/mol. The van der Waals surface area contributed by atoms with Gasteiger partial charge in [0, 0.05) is 18.3 Å². The second-order valence-electron chi connectivity index (χ2n) is 4.26. The van der Waals surface area contributed by atoms with E-state index in [0.717, 1.165) is 4.57 Å². The minimum atomic E-state index is -1.28. The Morgan fingerprint density at radius 1 is 1.44 bits per heavy atom. The summed E-state index contributed by atoms with van der Waals surface area (Å²) in [4.78, 5) is 25.0. The lowest BCUT2D eigenvalue weighted by Crippen LogP contribution is -2.38. The van der Waals surface area contributed by atoms with Crippen LogP contribution in [0.3, 0.4) is 0 Å². The first-order valence-electron chi connectivity index (χ1n) is 5.49. The fourth-order valence-corrected chi connectivity index (χ4v) is 1.93. The Hall–Kier alpha value is -1.48. The highest BCUT2D eigenvalue weighted by Crippen LogP contribution is 2.27. The third-order valence-electron chi connectivity index (χ3n) is 2.99. The summed E-state index contributed by atoms with van der Waals surface area (Å²) in [5.41, 5.74) is 4.47. The Kier molecular flexibility index (Phi) is 3.35. The minimum absolute atomic E-state index is 0.0197. The first kappa shape index (κ1) is 13.0. The number of aromatic nitrogens is 2. The van der Waals surface area contributed by atoms with Crippen LogP contribution in [-0.4, -0.2) is 44.6 Å². The molecule has 2 rings (SSSR count). The summed E-state index contributed by atoms with van der Waals surface area (Å²) < 4.78 is 6.35. The predicted octanol–water partition coefficient (Wildman–Crippen LogP) is -2.58. The second kappa shape index (κ2) is 4.65. The molecule has 1 aromatic heterocycles. The van der Waals surface area contributed by atoms with Crippen LogP contribution in [0.4, 0.5) is 0 Å². The minimum Gasteiger partial charge on any atom is -0.387 e. The van der Waals surface area contributed by atoms with E-state index < -0.39 is 35.8 Å². The van der Waals surface area contributed by atoms with Crippen molar-refractivity contribution < 1.29 is 14.9 Å². The molecule has 0 bridgehead atoms. The maximum atomic E-state index is 11.6. The zero-order valence-electron chi connectivity index (χ0n) is 9.74. The van der Waals surface area contributed by atoms with Crippen molar-refractivity contribution in [2.75, 3.05) is 6.54 Å². The number of nitrogens with two attached hydrogens (primary N) is 1. The summed E-state index contributed by atoms with van der Waals surface area (Å²) in [6.07, 6.45) is -2.97. The lowest BCUT2D eigenvalue weighted by molar-refractivity contribution is -0.0373. The van der Waals surface area contributed by atoms with Crippen LogP contribution in [0, 0.1) is 6.92 Å². The van der Waals surface area contributed by atoms with Gasteiger partial charge in [-0.05, 0) is 6.92 Å². The largest absolute Gasteiger partial charge is 0.387 e. The van der Waals surface area contributed by atoms with Gasteiger partial charge in [0.1, 0.15) is 18.3 Å². The van der Waals surface area contributed by atoms with Gasteiger partial charge in [0.15, 0.2) is 6.23 Å². The van der Waals surface area contributed by atoms with Gasteiger partial charge in [-0.1, -0.05) is 0 Å². The number of H-pyrrole nitrogens is 1. The third-order valence-corrected chi connectivity index (χ3v) is 2.99. The van der Waals surface area contributed by atoms with Gasteiger partial charge >= 0.3 is 5.69 Å². The van der Waals surface area contributed by atoms with Crippen molar-refractivity contribution in [3.05, 3.63) is 32.6 Å². The highest BCUT2D eigenvalue weighted by atomic mass is 16.6. The second-order valence-corrected chi connectivity index (χ2v) is 4.26. The molecule has 0 amide bonds. The van der Waals surface area contributed by atoms with Gasteiger partial charge in [-0.3, -0.25) is 14.3 Å². The third kappa shape index (κ3) is 1.99. The van der Waals surface area contributed by atoms with Crippen molar-refractivity contribution in [1.82, 2.24) is 9.55 Å². The molecule has 1 aliphatic rings. The standard InChI is InChI=1S/C10H15N3O5/c1-4-3-13(10(17)12-8(4)16)9-7(15)6(14)5(2-11)18-9/h3,5-7,9,14-15H,2,11H2,1H3,(H,12,16,17)/t5-,6-,7-,9-/m1/s1. The molecule has 18 heavy (non-hydrogen) atoms. The summed E-state index contributed by atoms with van der Waals surface area (Å²) in [6.45, 7) is 1.54.